The number of benzene rings is 2. The molecule has 2 aromatic carbocycles. The Bertz CT molecular complexity index is 646. The molecule has 1 unspecified atom stereocenters. The van der Waals surface area contributed by atoms with Gasteiger partial charge in [0.15, 0.2) is 0 Å². The molecule has 0 heterocycles. The zero-order valence-corrected chi connectivity index (χ0v) is 12.3. The summed E-state index contributed by atoms with van der Waals surface area (Å²) in [7, 11) is 0. The van der Waals surface area contributed by atoms with Crippen LogP contribution in [0.5, 0.6) is 0 Å². The van der Waals surface area contributed by atoms with Gasteiger partial charge >= 0.3 is 0 Å². The van der Waals surface area contributed by atoms with Crippen molar-refractivity contribution in [1.29, 1.82) is 0 Å². The topological polar surface area (TPSA) is 41.1 Å². The molecule has 0 bridgehead atoms. The Hall–Kier alpha value is -2.27. The molecule has 0 aliphatic heterocycles. The second kappa shape index (κ2) is 7.66. The van der Waals surface area contributed by atoms with Crippen LogP contribution in [0.3, 0.4) is 0 Å². The molecule has 0 saturated heterocycles. The largest absolute Gasteiger partial charge is 0.351 e. The van der Waals surface area contributed by atoms with E-state index in [-0.39, 0.29) is 36.7 Å². The highest BCUT2D eigenvalue weighted by Gasteiger charge is 2.11. The van der Waals surface area contributed by atoms with Gasteiger partial charge in [0.1, 0.15) is 11.6 Å². The van der Waals surface area contributed by atoms with Gasteiger partial charge in [-0.15, -0.1) is 0 Å². The van der Waals surface area contributed by atoms with Crippen LogP contribution in [-0.4, -0.2) is 12.5 Å². The van der Waals surface area contributed by atoms with Crippen molar-refractivity contribution in [3.05, 3.63) is 71.3 Å². The molecule has 22 heavy (non-hydrogen) atoms. The highest BCUT2D eigenvalue weighted by atomic mass is 19.1. The first-order chi connectivity index (χ1) is 10.6. The predicted molar refractivity (Wildman–Crippen MR) is 81.1 cm³/mol. The average Bonchev–Trinajstić information content (AvgIpc) is 2.52. The van der Waals surface area contributed by atoms with E-state index in [1.165, 1.54) is 12.1 Å². The van der Waals surface area contributed by atoms with Gasteiger partial charge < -0.3 is 10.6 Å². The van der Waals surface area contributed by atoms with E-state index in [1.54, 1.807) is 43.3 Å². The first-order valence-electron chi connectivity index (χ1n) is 7.06. The molecule has 0 spiro atoms. The predicted octanol–water partition coefficient (Wildman–Crippen LogP) is 2.93. The lowest BCUT2D eigenvalue weighted by Gasteiger charge is -2.15. The molecule has 1 amide bonds. The lowest BCUT2D eigenvalue weighted by molar-refractivity contribution is -0.120. The van der Waals surface area contributed by atoms with Crippen LogP contribution in [0, 0.1) is 11.6 Å². The first kappa shape index (κ1) is 16.1. The van der Waals surface area contributed by atoms with Gasteiger partial charge in [0.2, 0.25) is 5.91 Å². The second-order valence-electron chi connectivity index (χ2n) is 4.99. The molecule has 0 aromatic heterocycles. The van der Waals surface area contributed by atoms with E-state index in [9.17, 15) is 13.6 Å². The van der Waals surface area contributed by atoms with Crippen molar-refractivity contribution in [3.63, 3.8) is 0 Å². The number of hydrogen-bond acceptors (Lipinski definition) is 2. The van der Waals surface area contributed by atoms with Crippen molar-refractivity contribution >= 4 is 5.91 Å². The zero-order chi connectivity index (χ0) is 15.9. The van der Waals surface area contributed by atoms with Crippen LogP contribution in [0.2, 0.25) is 0 Å². The fraction of sp³-hybridized carbons (Fsp3) is 0.235. The quantitative estimate of drug-likeness (QED) is 0.861. The minimum Gasteiger partial charge on any atom is -0.351 e. The molecule has 0 aliphatic rings. The number of halogens is 2. The van der Waals surface area contributed by atoms with Crippen LogP contribution in [0.15, 0.2) is 48.5 Å². The summed E-state index contributed by atoms with van der Waals surface area (Å²) in [5.74, 6) is -0.934. The standard InChI is InChI=1S/C17H18F2N2O/c1-12(14-7-3-5-9-16(14)19)20-11-17(22)21-10-13-6-2-4-8-15(13)18/h2-9,12,20H,10-11H2,1H3,(H,21,22). The molecule has 0 aliphatic carbocycles. The van der Waals surface area contributed by atoms with Crippen LogP contribution in [0.1, 0.15) is 24.1 Å². The van der Waals surface area contributed by atoms with E-state index in [4.69, 9.17) is 0 Å². The average molecular weight is 304 g/mol. The Morgan fingerprint density at radius 1 is 1.05 bits per heavy atom. The number of nitrogens with one attached hydrogen (secondary N) is 2. The minimum absolute atomic E-state index is 0.0317. The van der Waals surface area contributed by atoms with Crippen LogP contribution >= 0.6 is 0 Å². The van der Waals surface area contributed by atoms with Crippen LogP contribution < -0.4 is 10.6 Å². The monoisotopic (exact) mass is 304 g/mol. The summed E-state index contributed by atoms with van der Waals surface area (Å²) >= 11 is 0. The Morgan fingerprint density at radius 3 is 2.36 bits per heavy atom. The van der Waals surface area contributed by atoms with Crippen LogP contribution in [-0.2, 0) is 11.3 Å². The Morgan fingerprint density at radius 2 is 1.68 bits per heavy atom. The summed E-state index contributed by atoms with van der Waals surface area (Å²) in [5, 5.41) is 5.57. The number of rotatable bonds is 6. The lowest BCUT2D eigenvalue weighted by atomic mass is 10.1. The summed E-state index contributed by atoms with van der Waals surface area (Å²) in [4.78, 5) is 11.8. The highest BCUT2D eigenvalue weighted by molar-refractivity contribution is 5.78. The van der Waals surface area contributed by atoms with Crippen molar-refractivity contribution in [2.45, 2.75) is 19.5 Å². The molecule has 5 heteroatoms. The summed E-state index contributed by atoms with van der Waals surface area (Å²) in [6.45, 7) is 1.94. The summed E-state index contributed by atoms with van der Waals surface area (Å²) in [6, 6.07) is 12.4. The number of carbonyl (C=O) groups excluding carboxylic acids is 1. The normalized spacial score (nSPS) is 12.0. The Kier molecular flexibility index (Phi) is 5.61. The molecule has 1 atom stereocenters. The van der Waals surface area contributed by atoms with Gasteiger partial charge in [-0.3, -0.25) is 4.79 Å². The van der Waals surface area contributed by atoms with Gasteiger partial charge in [0.05, 0.1) is 6.54 Å². The van der Waals surface area contributed by atoms with Crippen molar-refractivity contribution in [3.8, 4) is 0 Å². The maximum absolute atomic E-state index is 13.6. The molecule has 0 fully saturated rings. The van der Waals surface area contributed by atoms with Crippen molar-refractivity contribution in [2.24, 2.45) is 0 Å². The summed E-state index contributed by atoms with van der Waals surface area (Å²) in [6.07, 6.45) is 0. The van der Waals surface area contributed by atoms with E-state index >= 15 is 0 Å². The van der Waals surface area contributed by atoms with Gasteiger partial charge in [0, 0.05) is 23.7 Å². The Balaban J connectivity index is 1.81. The van der Waals surface area contributed by atoms with Crippen molar-refractivity contribution in [1.82, 2.24) is 10.6 Å². The third-order valence-electron chi connectivity index (χ3n) is 3.37. The first-order valence-corrected chi connectivity index (χ1v) is 7.06. The van der Waals surface area contributed by atoms with E-state index < -0.39 is 0 Å². The van der Waals surface area contributed by atoms with Gasteiger partial charge in [-0.2, -0.15) is 0 Å². The molecular weight excluding hydrogens is 286 g/mol. The molecule has 2 aromatic rings. The lowest BCUT2D eigenvalue weighted by Crippen LogP contribution is -2.35. The van der Waals surface area contributed by atoms with E-state index in [1.807, 2.05) is 0 Å². The minimum atomic E-state index is -0.351. The molecule has 0 radical (unpaired) electrons. The van der Waals surface area contributed by atoms with Gasteiger partial charge in [-0.1, -0.05) is 36.4 Å². The molecule has 0 saturated carbocycles. The Labute approximate surface area is 128 Å². The third kappa shape index (κ3) is 4.36. The fourth-order valence-corrected chi connectivity index (χ4v) is 2.08. The van der Waals surface area contributed by atoms with Crippen molar-refractivity contribution in [2.75, 3.05) is 6.54 Å². The number of amides is 1. The van der Waals surface area contributed by atoms with E-state index in [2.05, 4.69) is 10.6 Å². The fourth-order valence-electron chi connectivity index (χ4n) is 2.08. The summed E-state index contributed by atoms with van der Waals surface area (Å²) < 4.78 is 27.0. The maximum Gasteiger partial charge on any atom is 0.234 e. The summed E-state index contributed by atoms with van der Waals surface area (Å²) in [5.41, 5.74) is 0.933. The smallest absolute Gasteiger partial charge is 0.234 e. The third-order valence-corrected chi connectivity index (χ3v) is 3.37. The number of hydrogen-bond donors (Lipinski definition) is 2. The molecule has 116 valence electrons. The maximum atomic E-state index is 13.6. The van der Waals surface area contributed by atoms with Crippen LogP contribution in [0.25, 0.3) is 0 Å². The van der Waals surface area contributed by atoms with Gasteiger partial charge in [-0.25, -0.2) is 8.78 Å². The van der Waals surface area contributed by atoms with Gasteiger partial charge in [0.25, 0.3) is 0 Å². The molecule has 2 rings (SSSR count). The van der Waals surface area contributed by atoms with Gasteiger partial charge in [-0.05, 0) is 19.1 Å². The zero-order valence-electron chi connectivity index (χ0n) is 12.3. The number of carbonyl (C=O) groups is 1. The highest BCUT2D eigenvalue weighted by Crippen LogP contribution is 2.15. The van der Waals surface area contributed by atoms with Crippen molar-refractivity contribution < 1.29 is 13.6 Å². The van der Waals surface area contributed by atoms with E-state index in [0.29, 0.717) is 11.1 Å². The second-order valence-corrected chi connectivity index (χ2v) is 4.99. The molecule has 2 N–H and O–H groups in total. The van der Waals surface area contributed by atoms with Crippen LogP contribution in [0.4, 0.5) is 8.78 Å². The van der Waals surface area contributed by atoms with E-state index in [0.717, 1.165) is 0 Å². The SMILES string of the molecule is CC(NCC(=O)NCc1ccccc1F)c1ccccc1F. The molecule has 3 nitrogen and oxygen atoms in total. The molecular formula is C17H18F2N2O.